The van der Waals surface area contributed by atoms with Gasteiger partial charge in [0.2, 0.25) is 0 Å². The summed E-state index contributed by atoms with van der Waals surface area (Å²) < 4.78 is 16.9. The number of para-hydroxylation sites is 1. The molecule has 3 nitrogen and oxygen atoms in total. The van der Waals surface area contributed by atoms with Gasteiger partial charge >= 0.3 is 0 Å². The van der Waals surface area contributed by atoms with Crippen molar-refractivity contribution in [3.05, 3.63) is 66.6 Å². The first-order valence-corrected chi connectivity index (χ1v) is 7.67. The van der Waals surface area contributed by atoms with Crippen LogP contribution in [0.3, 0.4) is 0 Å². The molecule has 3 heteroatoms. The van der Waals surface area contributed by atoms with Crippen LogP contribution in [0.25, 0.3) is 0 Å². The van der Waals surface area contributed by atoms with Crippen LogP contribution in [0.15, 0.2) is 54.6 Å². The molecule has 1 unspecified atom stereocenters. The van der Waals surface area contributed by atoms with Crippen molar-refractivity contribution in [2.75, 3.05) is 13.2 Å². The maximum atomic E-state index is 5.71. The molecule has 0 radical (unpaired) electrons. The molecule has 0 aliphatic rings. The second-order valence-corrected chi connectivity index (χ2v) is 4.90. The highest BCUT2D eigenvalue weighted by Crippen LogP contribution is 2.16. The van der Waals surface area contributed by atoms with Gasteiger partial charge in [0.15, 0.2) is 6.29 Å². The minimum atomic E-state index is -0.305. The van der Waals surface area contributed by atoms with Gasteiger partial charge in [0.05, 0.1) is 12.4 Å². The summed E-state index contributed by atoms with van der Waals surface area (Å²) in [5.74, 6) is 1.66. The van der Waals surface area contributed by atoms with E-state index in [9.17, 15) is 0 Å². The third-order valence-corrected chi connectivity index (χ3v) is 3.07. The molecular weight excluding hydrogens is 276 g/mol. The molecule has 2 rings (SSSR count). The first-order chi connectivity index (χ1) is 10.8. The summed E-state index contributed by atoms with van der Waals surface area (Å²) in [5.41, 5.74) is 1.21. The van der Waals surface area contributed by atoms with E-state index in [2.05, 4.69) is 13.3 Å². The van der Waals surface area contributed by atoms with Crippen molar-refractivity contribution < 1.29 is 14.2 Å². The Kier molecular flexibility index (Phi) is 6.65. The molecule has 0 aliphatic carbocycles. The lowest BCUT2D eigenvalue weighted by Crippen LogP contribution is -2.19. The number of benzene rings is 2. The van der Waals surface area contributed by atoms with E-state index < -0.39 is 0 Å². The second kappa shape index (κ2) is 9.00. The fraction of sp³-hybridized carbons (Fsp3) is 0.316. The summed E-state index contributed by atoms with van der Waals surface area (Å²) in [5, 5.41) is 0. The van der Waals surface area contributed by atoms with Gasteiger partial charge in [-0.05, 0) is 19.1 Å². The highest BCUT2D eigenvalue weighted by atomic mass is 16.7. The molecular formula is C19H23O3-. The number of rotatable bonds is 9. The van der Waals surface area contributed by atoms with Crippen LogP contribution in [-0.2, 0) is 4.74 Å². The zero-order chi connectivity index (χ0) is 15.6. The standard InChI is InChI=1S/C19H23O3/c1-3-7-17-10-12-19(13-11-17)22-16(2)20-14-15-21-18-8-5-4-6-9-18/h4-13,16H,3,14-15H2,1-2H3/q-1. The lowest BCUT2D eigenvalue weighted by molar-refractivity contribution is -0.0739. The van der Waals surface area contributed by atoms with Gasteiger partial charge in [-0.1, -0.05) is 43.7 Å². The van der Waals surface area contributed by atoms with E-state index in [0.29, 0.717) is 13.2 Å². The summed E-state index contributed by atoms with van der Waals surface area (Å²) in [4.78, 5) is 0. The highest BCUT2D eigenvalue weighted by Gasteiger charge is 2.03. The first kappa shape index (κ1) is 16.2. The molecule has 118 valence electrons. The Morgan fingerprint density at radius 2 is 1.64 bits per heavy atom. The predicted octanol–water partition coefficient (Wildman–Crippen LogP) is 4.47. The molecule has 0 aliphatic heterocycles. The Morgan fingerprint density at radius 3 is 2.32 bits per heavy atom. The minimum Gasteiger partial charge on any atom is -0.491 e. The molecule has 22 heavy (non-hydrogen) atoms. The maximum Gasteiger partial charge on any atom is 0.197 e. The van der Waals surface area contributed by atoms with Crippen molar-refractivity contribution in [2.24, 2.45) is 0 Å². The van der Waals surface area contributed by atoms with Gasteiger partial charge in [0.1, 0.15) is 12.4 Å². The van der Waals surface area contributed by atoms with E-state index in [1.54, 1.807) is 0 Å². The van der Waals surface area contributed by atoms with Crippen molar-refractivity contribution in [1.82, 2.24) is 0 Å². The van der Waals surface area contributed by atoms with Gasteiger partial charge in [0, 0.05) is 0 Å². The minimum absolute atomic E-state index is 0.305. The average molecular weight is 299 g/mol. The van der Waals surface area contributed by atoms with Crippen LogP contribution in [0.1, 0.15) is 25.8 Å². The number of hydrogen-bond acceptors (Lipinski definition) is 3. The Labute approximate surface area is 132 Å². The predicted molar refractivity (Wildman–Crippen MR) is 88.1 cm³/mol. The van der Waals surface area contributed by atoms with Crippen molar-refractivity contribution in [2.45, 2.75) is 26.6 Å². The summed E-state index contributed by atoms with van der Waals surface area (Å²) >= 11 is 0. The fourth-order valence-corrected chi connectivity index (χ4v) is 2.03. The van der Waals surface area contributed by atoms with E-state index in [0.717, 1.165) is 17.9 Å². The normalized spacial score (nSPS) is 11.7. The molecule has 0 N–H and O–H groups in total. The van der Waals surface area contributed by atoms with Crippen molar-refractivity contribution >= 4 is 0 Å². The Balaban J connectivity index is 1.66. The first-order valence-electron chi connectivity index (χ1n) is 7.67. The van der Waals surface area contributed by atoms with Crippen LogP contribution < -0.4 is 9.47 Å². The maximum absolute atomic E-state index is 5.71. The highest BCUT2D eigenvalue weighted by molar-refractivity contribution is 5.31. The van der Waals surface area contributed by atoms with Crippen LogP contribution in [0.5, 0.6) is 11.5 Å². The third kappa shape index (κ3) is 5.70. The van der Waals surface area contributed by atoms with Crippen LogP contribution in [0.4, 0.5) is 0 Å². The molecule has 0 bridgehead atoms. The smallest absolute Gasteiger partial charge is 0.197 e. The molecule has 0 saturated heterocycles. The van der Waals surface area contributed by atoms with Gasteiger partial charge in [-0.2, -0.15) is 24.1 Å². The Hall–Kier alpha value is -2.13. The molecule has 0 fully saturated rings. The summed E-state index contributed by atoms with van der Waals surface area (Å²) in [6.07, 6.45) is 2.89. The summed E-state index contributed by atoms with van der Waals surface area (Å²) in [6.45, 7) is 4.99. The van der Waals surface area contributed by atoms with E-state index in [1.165, 1.54) is 5.56 Å². The van der Waals surface area contributed by atoms with Gasteiger partial charge < -0.3 is 14.2 Å². The monoisotopic (exact) mass is 299 g/mol. The second-order valence-electron chi connectivity index (χ2n) is 4.90. The van der Waals surface area contributed by atoms with Crippen LogP contribution in [0.2, 0.25) is 0 Å². The largest absolute Gasteiger partial charge is 0.491 e. The molecule has 2 aromatic carbocycles. The lowest BCUT2D eigenvalue weighted by Gasteiger charge is -2.17. The van der Waals surface area contributed by atoms with E-state index in [1.807, 2.05) is 61.5 Å². The summed E-state index contributed by atoms with van der Waals surface area (Å²) in [7, 11) is 0. The topological polar surface area (TPSA) is 27.7 Å². The third-order valence-electron chi connectivity index (χ3n) is 3.07. The fourth-order valence-electron chi connectivity index (χ4n) is 2.03. The zero-order valence-corrected chi connectivity index (χ0v) is 13.2. The molecule has 0 amide bonds. The van der Waals surface area contributed by atoms with E-state index >= 15 is 0 Å². The Bertz CT molecular complexity index is 522. The average Bonchev–Trinajstić information content (AvgIpc) is 2.55. The van der Waals surface area contributed by atoms with Gasteiger partial charge in [-0.15, -0.1) is 0 Å². The number of ether oxygens (including phenoxy) is 3. The Morgan fingerprint density at radius 1 is 0.909 bits per heavy atom. The number of hydrogen-bond donors (Lipinski definition) is 0. The molecule has 2 aromatic rings. The molecule has 0 spiro atoms. The lowest BCUT2D eigenvalue weighted by atomic mass is 10.1. The van der Waals surface area contributed by atoms with Gasteiger partial charge in [-0.25, -0.2) is 0 Å². The van der Waals surface area contributed by atoms with Crippen molar-refractivity contribution in [3.8, 4) is 11.5 Å². The van der Waals surface area contributed by atoms with E-state index in [4.69, 9.17) is 14.2 Å². The van der Waals surface area contributed by atoms with Gasteiger partial charge in [0.25, 0.3) is 0 Å². The van der Waals surface area contributed by atoms with Crippen LogP contribution in [0, 0.1) is 6.42 Å². The molecule has 0 aromatic heterocycles. The van der Waals surface area contributed by atoms with Crippen molar-refractivity contribution in [1.29, 1.82) is 0 Å². The van der Waals surface area contributed by atoms with Crippen LogP contribution in [-0.4, -0.2) is 19.5 Å². The van der Waals surface area contributed by atoms with Crippen LogP contribution >= 0.6 is 0 Å². The molecule has 0 saturated carbocycles. The molecule has 0 heterocycles. The van der Waals surface area contributed by atoms with Gasteiger partial charge in [-0.3, -0.25) is 0 Å². The van der Waals surface area contributed by atoms with E-state index in [-0.39, 0.29) is 6.29 Å². The summed E-state index contributed by atoms with van der Waals surface area (Å²) in [6, 6.07) is 17.7. The zero-order valence-electron chi connectivity index (χ0n) is 13.2. The van der Waals surface area contributed by atoms with Crippen molar-refractivity contribution in [3.63, 3.8) is 0 Å². The quantitative estimate of drug-likeness (QED) is 0.388. The molecule has 1 atom stereocenters. The SMILES string of the molecule is CC[CH-]c1ccc(OC(C)OCCOc2ccccc2)cc1.